The van der Waals surface area contributed by atoms with Crippen LogP contribution in [0.1, 0.15) is 38.2 Å². The molecule has 3 heteroatoms. The average molecular weight is 267 g/mol. The Kier molecular flexibility index (Phi) is 4.52. The lowest BCUT2D eigenvalue weighted by Crippen LogP contribution is -2.38. The molecule has 18 heavy (non-hydrogen) atoms. The molecule has 1 atom stereocenters. The second kappa shape index (κ2) is 5.94. The highest BCUT2D eigenvalue weighted by Gasteiger charge is 2.24. The van der Waals surface area contributed by atoms with E-state index in [9.17, 15) is 0 Å². The van der Waals surface area contributed by atoms with Crippen molar-refractivity contribution in [3.05, 3.63) is 28.8 Å². The molecule has 0 bridgehead atoms. The monoisotopic (exact) mass is 266 g/mol. The first-order chi connectivity index (χ1) is 8.61. The molecule has 0 spiro atoms. The Morgan fingerprint density at radius 2 is 2.17 bits per heavy atom. The SMILES string of the molecule is CCC(N)Cc1ccc(Cl)cc1N(C)C1CCC1. The molecule has 2 rings (SSSR count). The molecule has 0 radical (unpaired) electrons. The van der Waals surface area contributed by atoms with Gasteiger partial charge in [0.05, 0.1) is 0 Å². The zero-order chi connectivity index (χ0) is 13.1. The summed E-state index contributed by atoms with van der Waals surface area (Å²) in [6, 6.07) is 7.09. The number of nitrogens with two attached hydrogens (primary N) is 1. The topological polar surface area (TPSA) is 29.3 Å². The van der Waals surface area contributed by atoms with E-state index in [1.54, 1.807) is 0 Å². The number of benzene rings is 1. The smallest absolute Gasteiger partial charge is 0.0426 e. The molecule has 1 unspecified atom stereocenters. The predicted molar refractivity (Wildman–Crippen MR) is 79.5 cm³/mol. The molecule has 1 aliphatic rings. The summed E-state index contributed by atoms with van der Waals surface area (Å²) in [6.07, 6.45) is 5.87. The Morgan fingerprint density at radius 1 is 1.44 bits per heavy atom. The molecule has 0 aromatic heterocycles. The van der Waals surface area contributed by atoms with Crippen molar-refractivity contribution in [2.24, 2.45) is 5.73 Å². The van der Waals surface area contributed by atoms with Crippen LogP contribution < -0.4 is 10.6 Å². The van der Waals surface area contributed by atoms with Crippen LogP contribution in [0.2, 0.25) is 5.02 Å². The quantitative estimate of drug-likeness (QED) is 0.882. The molecule has 1 saturated carbocycles. The van der Waals surface area contributed by atoms with Gasteiger partial charge >= 0.3 is 0 Å². The lowest BCUT2D eigenvalue weighted by molar-refractivity contribution is 0.400. The first kappa shape index (κ1) is 13.7. The third-order valence-electron chi connectivity index (χ3n) is 4.06. The van der Waals surface area contributed by atoms with Crippen LogP contribution in [0, 0.1) is 0 Å². The van der Waals surface area contributed by atoms with Crippen LogP contribution in [0.5, 0.6) is 0 Å². The van der Waals surface area contributed by atoms with E-state index in [2.05, 4.69) is 31.0 Å². The van der Waals surface area contributed by atoms with Gasteiger partial charge < -0.3 is 10.6 Å². The van der Waals surface area contributed by atoms with Crippen molar-refractivity contribution in [1.82, 2.24) is 0 Å². The molecule has 0 saturated heterocycles. The lowest BCUT2D eigenvalue weighted by Gasteiger charge is -2.37. The van der Waals surface area contributed by atoms with E-state index in [1.807, 2.05) is 6.07 Å². The van der Waals surface area contributed by atoms with E-state index < -0.39 is 0 Å². The average Bonchev–Trinajstić information content (AvgIpc) is 2.28. The minimum atomic E-state index is 0.236. The number of rotatable bonds is 5. The Labute approximate surface area is 115 Å². The Bertz CT molecular complexity index is 401. The van der Waals surface area contributed by atoms with E-state index in [0.29, 0.717) is 6.04 Å². The summed E-state index contributed by atoms with van der Waals surface area (Å²) in [5, 5.41) is 0.810. The molecule has 2 N–H and O–H groups in total. The van der Waals surface area contributed by atoms with Gasteiger partial charge in [-0.2, -0.15) is 0 Å². The number of hydrogen-bond acceptors (Lipinski definition) is 2. The molecular weight excluding hydrogens is 244 g/mol. The van der Waals surface area contributed by atoms with Crippen LogP contribution in [0.4, 0.5) is 5.69 Å². The molecule has 1 aliphatic carbocycles. The number of halogens is 1. The van der Waals surface area contributed by atoms with Gasteiger partial charge in [-0.15, -0.1) is 0 Å². The van der Waals surface area contributed by atoms with E-state index in [-0.39, 0.29) is 6.04 Å². The highest BCUT2D eigenvalue weighted by Crippen LogP contribution is 2.32. The van der Waals surface area contributed by atoms with Gasteiger partial charge in [0.15, 0.2) is 0 Å². The van der Waals surface area contributed by atoms with Crippen molar-refractivity contribution in [3.8, 4) is 0 Å². The summed E-state index contributed by atoms with van der Waals surface area (Å²) in [6.45, 7) is 2.13. The molecule has 0 heterocycles. The predicted octanol–water partition coefficient (Wildman–Crippen LogP) is 3.61. The molecule has 1 aromatic carbocycles. The molecule has 0 amide bonds. The minimum Gasteiger partial charge on any atom is -0.371 e. The van der Waals surface area contributed by atoms with Gasteiger partial charge in [-0.3, -0.25) is 0 Å². The van der Waals surface area contributed by atoms with Gasteiger partial charge in [0.1, 0.15) is 0 Å². The number of anilines is 1. The summed E-state index contributed by atoms with van der Waals surface area (Å²) >= 11 is 6.14. The highest BCUT2D eigenvalue weighted by molar-refractivity contribution is 6.30. The first-order valence-corrected chi connectivity index (χ1v) is 7.26. The van der Waals surface area contributed by atoms with Crippen LogP contribution in [-0.2, 0) is 6.42 Å². The van der Waals surface area contributed by atoms with Crippen molar-refractivity contribution in [1.29, 1.82) is 0 Å². The Morgan fingerprint density at radius 3 is 2.72 bits per heavy atom. The van der Waals surface area contributed by atoms with Crippen molar-refractivity contribution in [2.45, 2.75) is 51.1 Å². The highest BCUT2D eigenvalue weighted by atomic mass is 35.5. The van der Waals surface area contributed by atoms with E-state index in [4.69, 9.17) is 17.3 Å². The fourth-order valence-electron chi connectivity index (χ4n) is 2.44. The summed E-state index contributed by atoms with van der Waals surface area (Å²) in [7, 11) is 2.18. The fraction of sp³-hybridized carbons (Fsp3) is 0.600. The summed E-state index contributed by atoms with van der Waals surface area (Å²) in [5.74, 6) is 0. The Hall–Kier alpha value is -0.730. The van der Waals surface area contributed by atoms with E-state index in [0.717, 1.165) is 17.9 Å². The van der Waals surface area contributed by atoms with Crippen molar-refractivity contribution < 1.29 is 0 Å². The molecule has 1 aromatic rings. The standard InChI is InChI=1S/C15H23ClN2/c1-3-13(17)9-11-7-8-12(16)10-15(11)18(2)14-5-4-6-14/h7-8,10,13-14H,3-6,9,17H2,1-2H3. The molecular formula is C15H23ClN2. The number of hydrogen-bond donors (Lipinski definition) is 1. The largest absolute Gasteiger partial charge is 0.371 e. The minimum absolute atomic E-state index is 0.236. The van der Waals surface area contributed by atoms with Crippen LogP contribution in [0.15, 0.2) is 18.2 Å². The number of nitrogens with zero attached hydrogens (tertiary/aromatic N) is 1. The van der Waals surface area contributed by atoms with Gasteiger partial charge in [0, 0.05) is 29.8 Å². The van der Waals surface area contributed by atoms with Gasteiger partial charge in [-0.1, -0.05) is 24.6 Å². The van der Waals surface area contributed by atoms with Crippen molar-refractivity contribution in [3.63, 3.8) is 0 Å². The molecule has 1 fully saturated rings. The van der Waals surface area contributed by atoms with Gasteiger partial charge in [0.25, 0.3) is 0 Å². The fourth-order valence-corrected chi connectivity index (χ4v) is 2.60. The molecule has 2 nitrogen and oxygen atoms in total. The lowest BCUT2D eigenvalue weighted by atomic mass is 9.90. The first-order valence-electron chi connectivity index (χ1n) is 6.88. The summed E-state index contributed by atoms with van der Waals surface area (Å²) in [5.41, 5.74) is 8.67. The van der Waals surface area contributed by atoms with E-state index in [1.165, 1.54) is 30.5 Å². The van der Waals surface area contributed by atoms with Crippen LogP contribution >= 0.6 is 11.6 Å². The second-order valence-electron chi connectivity index (χ2n) is 5.34. The second-order valence-corrected chi connectivity index (χ2v) is 5.78. The summed E-state index contributed by atoms with van der Waals surface area (Å²) < 4.78 is 0. The van der Waals surface area contributed by atoms with Crippen LogP contribution in [0.3, 0.4) is 0 Å². The van der Waals surface area contributed by atoms with Gasteiger partial charge in [-0.25, -0.2) is 0 Å². The maximum atomic E-state index is 6.14. The van der Waals surface area contributed by atoms with Crippen molar-refractivity contribution >= 4 is 17.3 Å². The van der Waals surface area contributed by atoms with Crippen molar-refractivity contribution in [2.75, 3.05) is 11.9 Å². The zero-order valence-corrected chi connectivity index (χ0v) is 12.1. The third-order valence-corrected chi connectivity index (χ3v) is 4.29. The van der Waals surface area contributed by atoms with E-state index >= 15 is 0 Å². The van der Waals surface area contributed by atoms with Gasteiger partial charge in [0.2, 0.25) is 0 Å². The third kappa shape index (κ3) is 2.99. The van der Waals surface area contributed by atoms with Gasteiger partial charge in [-0.05, 0) is 49.8 Å². The normalized spacial score (nSPS) is 17.3. The maximum absolute atomic E-state index is 6.14. The van der Waals surface area contributed by atoms with Crippen LogP contribution in [-0.4, -0.2) is 19.1 Å². The zero-order valence-electron chi connectivity index (χ0n) is 11.3. The molecule has 0 aliphatic heterocycles. The summed E-state index contributed by atoms with van der Waals surface area (Å²) in [4.78, 5) is 2.38. The van der Waals surface area contributed by atoms with Crippen LogP contribution in [0.25, 0.3) is 0 Å². The maximum Gasteiger partial charge on any atom is 0.0426 e. The Balaban J connectivity index is 2.22. The molecule has 100 valence electrons.